The van der Waals surface area contributed by atoms with Crippen LogP contribution in [0.1, 0.15) is 5.56 Å². The molecule has 0 bridgehead atoms. The van der Waals surface area contributed by atoms with E-state index in [-0.39, 0.29) is 0 Å². The van der Waals surface area contributed by atoms with E-state index in [4.69, 9.17) is 10.2 Å². The summed E-state index contributed by atoms with van der Waals surface area (Å²) in [7, 11) is 0. The van der Waals surface area contributed by atoms with Gasteiger partial charge in [-0.3, -0.25) is 0 Å². The number of nitrogen functional groups attached to an aromatic ring is 1. The van der Waals surface area contributed by atoms with Crippen LogP contribution < -0.4 is 5.73 Å². The molecule has 0 saturated carbocycles. The topological polar surface area (TPSA) is 52.0 Å². The summed E-state index contributed by atoms with van der Waals surface area (Å²) in [5.74, 6) is 0.915. The maximum absolute atomic E-state index is 5.42. The van der Waals surface area contributed by atoms with Crippen molar-refractivity contribution < 1.29 is 4.42 Å². The summed E-state index contributed by atoms with van der Waals surface area (Å²) in [6.07, 6.45) is 1.51. The van der Waals surface area contributed by atoms with Crippen LogP contribution in [0, 0.1) is 6.92 Å². The van der Waals surface area contributed by atoms with Crippen molar-refractivity contribution in [3.63, 3.8) is 0 Å². The maximum atomic E-state index is 5.42. The van der Waals surface area contributed by atoms with Gasteiger partial charge < -0.3 is 10.2 Å². The zero-order valence-electron chi connectivity index (χ0n) is 7.32. The van der Waals surface area contributed by atoms with E-state index in [1.165, 1.54) is 11.8 Å². The van der Waals surface area contributed by atoms with Gasteiger partial charge in [-0.15, -0.1) is 0 Å². The third kappa shape index (κ3) is 1.54. The Bertz CT molecular complexity index is 420. The second kappa shape index (κ2) is 2.94. The second-order valence-electron chi connectivity index (χ2n) is 2.94. The first-order valence-electron chi connectivity index (χ1n) is 4.04. The Labute approximate surface area is 76.2 Å². The van der Waals surface area contributed by atoms with Crippen LogP contribution in [0.5, 0.6) is 0 Å². The Morgan fingerprint density at radius 1 is 1.38 bits per heavy atom. The lowest BCUT2D eigenvalue weighted by Gasteiger charge is -1.95. The van der Waals surface area contributed by atoms with Gasteiger partial charge in [0.05, 0.1) is 6.20 Å². The first kappa shape index (κ1) is 7.86. The number of aromatic nitrogens is 1. The molecule has 13 heavy (non-hydrogen) atoms. The summed E-state index contributed by atoms with van der Waals surface area (Å²) < 4.78 is 5.19. The van der Waals surface area contributed by atoms with Crippen LogP contribution in [-0.4, -0.2) is 4.98 Å². The zero-order valence-corrected chi connectivity index (χ0v) is 7.32. The second-order valence-corrected chi connectivity index (χ2v) is 2.94. The third-order valence-corrected chi connectivity index (χ3v) is 1.79. The zero-order chi connectivity index (χ0) is 9.26. The number of aryl methyl sites for hydroxylation is 1. The summed E-state index contributed by atoms with van der Waals surface area (Å²) in [5, 5.41) is 0. The average molecular weight is 174 g/mol. The van der Waals surface area contributed by atoms with E-state index in [2.05, 4.69) is 4.98 Å². The van der Waals surface area contributed by atoms with Crippen LogP contribution in [-0.2, 0) is 0 Å². The molecular weight excluding hydrogens is 164 g/mol. The first-order valence-corrected chi connectivity index (χ1v) is 4.04. The minimum atomic E-state index is 0.344. The Morgan fingerprint density at radius 2 is 2.23 bits per heavy atom. The van der Waals surface area contributed by atoms with Gasteiger partial charge in [0.25, 0.3) is 0 Å². The molecule has 3 nitrogen and oxygen atoms in total. The predicted octanol–water partition coefficient (Wildman–Crippen LogP) is 2.23. The van der Waals surface area contributed by atoms with Crippen molar-refractivity contribution in [2.75, 3.05) is 5.73 Å². The molecule has 2 rings (SSSR count). The van der Waals surface area contributed by atoms with Crippen molar-refractivity contribution in [1.29, 1.82) is 0 Å². The molecule has 0 fully saturated rings. The number of hydrogen-bond donors (Lipinski definition) is 1. The molecule has 1 heterocycles. The first-order chi connectivity index (χ1) is 6.25. The van der Waals surface area contributed by atoms with E-state index in [9.17, 15) is 0 Å². The van der Waals surface area contributed by atoms with E-state index in [1.54, 1.807) is 0 Å². The molecule has 1 aromatic heterocycles. The number of nitrogens with zero attached hydrogens (tertiary/aromatic N) is 1. The summed E-state index contributed by atoms with van der Waals surface area (Å²) in [5.41, 5.74) is 7.56. The van der Waals surface area contributed by atoms with E-state index in [0.717, 1.165) is 5.56 Å². The van der Waals surface area contributed by atoms with Crippen LogP contribution >= 0.6 is 0 Å². The third-order valence-electron chi connectivity index (χ3n) is 1.79. The van der Waals surface area contributed by atoms with Crippen molar-refractivity contribution >= 4 is 5.88 Å². The molecule has 0 amide bonds. The van der Waals surface area contributed by atoms with E-state index in [0.29, 0.717) is 11.8 Å². The summed E-state index contributed by atoms with van der Waals surface area (Å²) >= 11 is 0. The minimum Gasteiger partial charge on any atom is -0.421 e. The quantitative estimate of drug-likeness (QED) is 0.721. The molecule has 3 heteroatoms. The Hall–Kier alpha value is -1.77. The molecule has 2 aromatic rings. The fourth-order valence-electron chi connectivity index (χ4n) is 1.20. The fraction of sp³-hybridized carbons (Fsp3) is 0.100. The Balaban J connectivity index is 2.46. The Kier molecular flexibility index (Phi) is 1.77. The van der Waals surface area contributed by atoms with Gasteiger partial charge in [0.1, 0.15) is 0 Å². The normalized spacial score (nSPS) is 10.2. The number of rotatable bonds is 1. The summed E-state index contributed by atoms with van der Waals surface area (Å²) in [6, 6.07) is 7.93. The van der Waals surface area contributed by atoms with Gasteiger partial charge in [-0.05, 0) is 19.1 Å². The van der Waals surface area contributed by atoms with E-state index in [1.807, 2.05) is 31.2 Å². The van der Waals surface area contributed by atoms with E-state index < -0.39 is 0 Å². The Morgan fingerprint density at radius 3 is 2.85 bits per heavy atom. The van der Waals surface area contributed by atoms with Crippen molar-refractivity contribution in [1.82, 2.24) is 4.98 Å². The maximum Gasteiger partial charge on any atom is 0.228 e. The van der Waals surface area contributed by atoms with Gasteiger partial charge in [-0.1, -0.05) is 17.7 Å². The highest BCUT2D eigenvalue weighted by Crippen LogP contribution is 2.20. The van der Waals surface area contributed by atoms with Crippen LogP contribution in [0.15, 0.2) is 34.9 Å². The molecule has 0 atom stereocenters. The monoisotopic (exact) mass is 174 g/mol. The van der Waals surface area contributed by atoms with Crippen LogP contribution in [0.3, 0.4) is 0 Å². The number of oxazole rings is 1. The lowest BCUT2D eigenvalue weighted by Crippen LogP contribution is -1.78. The van der Waals surface area contributed by atoms with Crippen molar-refractivity contribution in [3.8, 4) is 11.5 Å². The fourth-order valence-corrected chi connectivity index (χ4v) is 1.20. The van der Waals surface area contributed by atoms with Gasteiger partial charge in [0, 0.05) is 5.56 Å². The van der Waals surface area contributed by atoms with Crippen molar-refractivity contribution in [2.45, 2.75) is 6.92 Å². The van der Waals surface area contributed by atoms with Crippen LogP contribution in [0.25, 0.3) is 11.5 Å². The van der Waals surface area contributed by atoms with Gasteiger partial charge >= 0.3 is 0 Å². The largest absolute Gasteiger partial charge is 0.421 e. The van der Waals surface area contributed by atoms with Crippen LogP contribution in [0.4, 0.5) is 5.88 Å². The molecule has 0 radical (unpaired) electrons. The highest BCUT2D eigenvalue weighted by molar-refractivity contribution is 5.55. The number of anilines is 1. The number of benzene rings is 1. The van der Waals surface area contributed by atoms with Gasteiger partial charge in [-0.25, -0.2) is 4.98 Å². The standard InChI is InChI=1S/C10H10N2O/c1-7-3-2-4-8(5-7)10-12-6-9(11)13-10/h2-6H,11H2,1H3. The van der Waals surface area contributed by atoms with Gasteiger partial charge in [0.2, 0.25) is 11.8 Å². The van der Waals surface area contributed by atoms with Crippen molar-refractivity contribution in [2.24, 2.45) is 0 Å². The molecular formula is C10H10N2O. The predicted molar refractivity (Wildman–Crippen MR) is 51.1 cm³/mol. The van der Waals surface area contributed by atoms with Gasteiger partial charge in [0.15, 0.2) is 0 Å². The molecule has 2 N–H and O–H groups in total. The molecule has 0 aliphatic rings. The number of nitrogens with two attached hydrogens (primary N) is 1. The molecule has 0 saturated heterocycles. The van der Waals surface area contributed by atoms with Crippen molar-refractivity contribution in [3.05, 3.63) is 36.0 Å². The molecule has 0 aliphatic carbocycles. The highest BCUT2D eigenvalue weighted by Gasteiger charge is 2.03. The highest BCUT2D eigenvalue weighted by atomic mass is 16.4. The molecule has 0 unspecified atom stereocenters. The minimum absolute atomic E-state index is 0.344. The lowest BCUT2D eigenvalue weighted by molar-refractivity contribution is 0.594. The lowest BCUT2D eigenvalue weighted by atomic mass is 10.1. The SMILES string of the molecule is Cc1cccc(-c2ncc(N)o2)c1. The molecule has 0 spiro atoms. The summed E-state index contributed by atoms with van der Waals surface area (Å²) in [4.78, 5) is 4.04. The molecule has 66 valence electrons. The molecule has 1 aromatic carbocycles. The smallest absolute Gasteiger partial charge is 0.228 e. The van der Waals surface area contributed by atoms with Gasteiger partial charge in [-0.2, -0.15) is 0 Å². The van der Waals surface area contributed by atoms with E-state index >= 15 is 0 Å². The van der Waals surface area contributed by atoms with Crippen LogP contribution in [0.2, 0.25) is 0 Å². The average Bonchev–Trinajstić information content (AvgIpc) is 2.52. The molecule has 0 aliphatic heterocycles. The summed E-state index contributed by atoms with van der Waals surface area (Å²) in [6.45, 7) is 2.02. The number of hydrogen-bond acceptors (Lipinski definition) is 3.